The first-order valence-electron chi connectivity index (χ1n) is 12.6. The van der Waals surface area contributed by atoms with Crippen molar-refractivity contribution in [3.63, 3.8) is 0 Å². The second kappa shape index (κ2) is 13.6. The van der Waals surface area contributed by atoms with Crippen molar-refractivity contribution < 1.29 is 45.0 Å². The number of hydrogen-bond donors (Lipinski definition) is 0. The molecule has 0 saturated carbocycles. The first-order chi connectivity index (χ1) is 20.6. The fraction of sp³-hybridized carbons (Fsp3) is 0.0606. The van der Waals surface area contributed by atoms with Gasteiger partial charge in [0.1, 0.15) is 17.3 Å². The van der Waals surface area contributed by atoms with Crippen LogP contribution in [-0.2, 0) is 5.41 Å². The Morgan fingerprint density at radius 1 is 0.674 bits per heavy atom. The van der Waals surface area contributed by atoms with Crippen molar-refractivity contribution >= 4 is 11.9 Å². The molecule has 0 N–H and O–H groups in total. The first kappa shape index (κ1) is 30.7. The van der Waals surface area contributed by atoms with Crippen LogP contribution in [0.5, 0.6) is 11.5 Å². The summed E-state index contributed by atoms with van der Waals surface area (Å²) in [6, 6.07) is 17.5. The molecule has 0 atom stereocenters. The fourth-order valence-electron chi connectivity index (χ4n) is 4.24. The summed E-state index contributed by atoms with van der Waals surface area (Å²) >= 11 is 0. The largest absolute Gasteiger partial charge is 0.465 e. The van der Waals surface area contributed by atoms with Crippen LogP contribution in [-0.4, -0.2) is 5.78 Å². The van der Waals surface area contributed by atoms with Gasteiger partial charge in [-0.2, -0.15) is 26.3 Å². The number of halogens is 6. The summed E-state index contributed by atoms with van der Waals surface area (Å²) in [6.07, 6.45) is 2.66. The molecular formula is C33H22F6O4. The van der Waals surface area contributed by atoms with Crippen LogP contribution in [0.4, 0.5) is 26.3 Å². The number of ketones is 1. The van der Waals surface area contributed by atoms with Crippen molar-refractivity contribution in [3.8, 4) is 11.5 Å². The number of carbonyl (C=O) groups excluding carboxylic acids is 1. The summed E-state index contributed by atoms with van der Waals surface area (Å²) in [5, 5.41) is 0. The zero-order valence-electron chi connectivity index (χ0n) is 22.4. The van der Waals surface area contributed by atoms with Crippen molar-refractivity contribution in [1.82, 2.24) is 0 Å². The number of hydrogen-bond acceptors (Lipinski definition) is 4. The highest BCUT2D eigenvalue weighted by Gasteiger charge is 2.31. The second-order valence-corrected chi connectivity index (χ2v) is 9.12. The fourth-order valence-corrected chi connectivity index (χ4v) is 4.24. The second-order valence-electron chi connectivity index (χ2n) is 9.12. The van der Waals surface area contributed by atoms with Gasteiger partial charge in [-0.25, -0.2) is 0 Å². The zero-order valence-corrected chi connectivity index (χ0v) is 22.4. The summed E-state index contributed by atoms with van der Waals surface area (Å²) in [6.45, 7) is 1.82. The molecule has 0 spiro atoms. The molecule has 10 heteroatoms. The normalized spacial score (nSPS) is 11.5. The molecule has 3 aromatic carbocycles. The summed E-state index contributed by atoms with van der Waals surface area (Å²) in [7, 11) is 0. The van der Waals surface area contributed by atoms with E-state index in [-0.39, 0.29) is 17.3 Å². The third-order valence-corrected chi connectivity index (χ3v) is 6.48. The SMILES string of the molecule is CC(c1ccc(OC(F)=C(F)F)cc1)(c1ccc(OC(F)=C(F)F)cc1)c1ccc(C(=O)/C=C/C=C/c2ccco2)cc1. The van der Waals surface area contributed by atoms with E-state index in [1.165, 1.54) is 60.9 Å². The monoisotopic (exact) mass is 596 g/mol. The first-order valence-corrected chi connectivity index (χ1v) is 12.6. The van der Waals surface area contributed by atoms with Crippen molar-refractivity contribution in [2.75, 3.05) is 0 Å². The van der Waals surface area contributed by atoms with Gasteiger partial charge in [0.25, 0.3) is 0 Å². The molecular weight excluding hydrogens is 574 g/mol. The maximum absolute atomic E-state index is 13.3. The van der Waals surface area contributed by atoms with Crippen LogP contribution in [0.15, 0.2) is 138 Å². The van der Waals surface area contributed by atoms with Gasteiger partial charge in [0, 0.05) is 11.0 Å². The Kier molecular flexibility index (Phi) is 9.72. The Labute approximate surface area is 242 Å². The minimum absolute atomic E-state index is 0.176. The number of allylic oxidation sites excluding steroid dienone is 3. The number of carbonyl (C=O) groups is 1. The molecule has 4 rings (SSSR count). The van der Waals surface area contributed by atoms with Gasteiger partial charge >= 0.3 is 24.2 Å². The van der Waals surface area contributed by atoms with Crippen molar-refractivity contribution in [2.24, 2.45) is 0 Å². The summed E-state index contributed by atoms with van der Waals surface area (Å²) in [4.78, 5) is 12.7. The van der Waals surface area contributed by atoms with Gasteiger partial charge in [-0.15, -0.1) is 0 Å². The van der Waals surface area contributed by atoms with Crippen molar-refractivity contribution in [1.29, 1.82) is 0 Å². The maximum atomic E-state index is 13.3. The van der Waals surface area contributed by atoms with Gasteiger partial charge in [-0.05, 0) is 72.2 Å². The van der Waals surface area contributed by atoms with E-state index in [1.54, 1.807) is 54.6 Å². The highest BCUT2D eigenvalue weighted by atomic mass is 19.3. The molecule has 0 aliphatic heterocycles. The molecule has 1 heterocycles. The van der Waals surface area contributed by atoms with Crippen molar-refractivity contribution in [2.45, 2.75) is 12.3 Å². The molecule has 0 fully saturated rings. The van der Waals surface area contributed by atoms with Gasteiger partial charge in [0.2, 0.25) is 0 Å². The molecule has 1 aromatic heterocycles. The molecule has 0 amide bonds. The summed E-state index contributed by atoms with van der Waals surface area (Å²) in [5.74, 6) is 0.0203. The summed E-state index contributed by atoms with van der Waals surface area (Å²) < 4.78 is 90.8. The average Bonchev–Trinajstić information content (AvgIpc) is 3.53. The van der Waals surface area contributed by atoms with E-state index >= 15 is 0 Å². The molecule has 0 radical (unpaired) electrons. The maximum Gasteiger partial charge on any atom is 0.344 e. The van der Waals surface area contributed by atoms with Gasteiger partial charge in [-0.1, -0.05) is 60.7 Å². The molecule has 0 saturated heterocycles. The van der Waals surface area contributed by atoms with Gasteiger partial charge in [0.05, 0.1) is 6.26 Å². The van der Waals surface area contributed by atoms with E-state index in [4.69, 9.17) is 4.42 Å². The van der Waals surface area contributed by atoms with Crippen LogP contribution in [0.2, 0.25) is 0 Å². The highest BCUT2D eigenvalue weighted by Crippen LogP contribution is 2.40. The average molecular weight is 597 g/mol. The Morgan fingerprint density at radius 3 is 1.56 bits per heavy atom. The predicted molar refractivity (Wildman–Crippen MR) is 148 cm³/mol. The van der Waals surface area contributed by atoms with Crippen LogP contribution in [0, 0.1) is 0 Å². The van der Waals surface area contributed by atoms with E-state index in [1.807, 2.05) is 6.92 Å². The Balaban J connectivity index is 1.66. The van der Waals surface area contributed by atoms with E-state index in [2.05, 4.69) is 9.47 Å². The summed E-state index contributed by atoms with van der Waals surface area (Å²) in [5.41, 5.74) is 1.28. The number of furan rings is 1. The molecule has 0 aliphatic rings. The molecule has 0 unspecified atom stereocenters. The molecule has 220 valence electrons. The zero-order chi connectivity index (χ0) is 31.0. The Morgan fingerprint density at radius 2 is 1.14 bits per heavy atom. The molecule has 0 bridgehead atoms. The number of rotatable bonds is 11. The standard InChI is InChI=1S/C33H22F6O4/c1-33(23-12-16-26(17-13-23)42-31(38)29(34)35,24-14-18-27(19-15-24)43-32(39)30(36)37)22-10-8-21(9-11-22)28(40)7-3-2-5-25-6-4-20-41-25/h2-20H,1H3/b5-2+,7-3+. The van der Waals surface area contributed by atoms with E-state index in [0.717, 1.165) is 0 Å². The van der Waals surface area contributed by atoms with Crippen LogP contribution < -0.4 is 9.47 Å². The molecule has 4 nitrogen and oxygen atoms in total. The van der Waals surface area contributed by atoms with Crippen LogP contribution in [0.1, 0.15) is 39.7 Å². The van der Waals surface area contributed by atoms with Crippen LogP contribution in [0.3, 0.4) is 0 Å². The topological polar surface area (TPSA) is 48.7 Å². The number of ether oxygens (including phenoxy) is 2. The van der Waals surface area contributed by atoms with Gasteiger partial charge < -0.3 is 13.9 Å². The van der Waals surface area contributed by atoms with Crippen molar-refractivity contribution in [3.05, 3.63) is 162 Å². The Bertz CT molecular complexity index is 1590. The number of benzene rings is 3. The quantitative estimate of drug-likeness (QED) is 0.0432. The third-order valence-electron chi connectivity index (χ3n) is 6.48. The lowest BCUT2D eigenvalue weighted by molar-refractivity contribution is 0.104. The van der Waals surface area contributed by atoms with E-state index in [9.17, 15) is 31.1 Å². The van der Waals surface area contributed by atoms with Gasteiger partial charge in [0.15, 0.2) is 5.78 Å². The molecule has 4 aromatic rings. The van der Waals surface area contributed by atoms with Crippen LogP contribution >= 0.6 is 0 Å². The van der Waals surface area contributed by atoms with Gasteiger partial charge in [-0.3, -0.25) is 4.79 Å². The lowest BCUT2D eigenvalue weighted by atomic mass is 9.71. The molecule has 0 aliphatic carbocycles. The highest BCUT2D eigenvalue weighted by molar-refractivity contribution is 6.04. The Hall–Kier alpha value is -5.25. The molecule has 43 heavy (non-hydrogen) atoms. The lowest BCUT2D eigenvalue weighted by Crippen LogP contribution is -2.25. The third kappa shape index (κ3) is 7.53. The minimum atomic E-state index is -2.60. The predicted octanol–water partition coefficient (Wildman–Crippen LogP) is 9.91. The van der Waals surface area contributed by atoms with Crippen LogP contribution in [0.25, 0.3) is 6.08 Å². The van der Waals surface area contributed by atoms with E-state index in [0.29, 0.717) is 28.0 Å². The minimum Gasteiger partial charge on any atom is -0.465 e. The smallest absolute Gasteiger partial charge is 0.344 e. The van der Waals surface area contributed by atoms with E-state index < -0.39 is 29.6 Å². The lowest BCUT2D eigenvalue weighted by Gasteiger charge is -2.32.